The average molecular weight is 235 g/mol. The lowest BCUT2D eigenvalue weighted by atomic mass is 10.1. The summed E-state index contributed by atoms with van der Waals surface area (Å²) in [6.07, 6.45) is 10.00. The van der Waals surface area contributed by atoms with Gasteiger partial charge in [-0.15, -0.1) is 0 Å². The number of aromatic nitrogens is 1. The zero-order chi connectivity index (χ0) is 12.9. The second-order valence-electron chi connectivity index (χ2n) is 6.09. The Morgan fingerprint density at radius 2 is 1.59 bits per heavy atom. The Morgan fingerprint density at radius 1 is 1.00 bits per heavy atom. The van der Waals surface area contributed by atoms with Crippen molar-refractivity contribution in [1.29, 1.82) is 0 Å². The van der Waals surface area contributed by atoms with Gasteiger partial charge in [0.25, 0.3) is 0 Å². The molecule has 1 rings (SSSR count). The smallest absolute Gasteiger partial charge is 0.0358 e. The minimum absolute atomic E-state index is 0.216. The molecule has 0 spiro atoms. The number of unbranched alkanes of at least 4 members (excludes halogenated alkanes) is 2. The largest absolute Gasteiger partial charge is 0.346 e. The summed E-state index contributed by atoms with van der Waals surface area (Å²) < 4.78 is 2.48. The number of nitrogens with zero attached hydrogens (tertiary/aromatic N) is 1. The standard InChI is InChI=1S/C16H29N/c1-6-8-10-14-12-15(11-9-7-2)17(13-14)16(3,4)5/h12-13H,6-11H2,1-5H3. The third kappa shape index (κ3) is 4.22. The fraction of sp³-hybridized carbons (Fsp3) is 0.750. The molecule has 0 aromatic carbocycles. The van der Waals surface area contributed by atoms with Crippen molar-refractivity contribution in [1.82, 2.24) is 4.57 Å². The van der Waals surface area contributed by atoms with Crippen LogP contribution >= 0.6 is 0 Å². The molecule has 17 heavy (non-hydrogen) atoms. The zero-order valence-corrected chi connectivity index (χ0v) is 12.3. The van der Waals surface area contributed by atoms with Crippen molar-refractivity contribution in [2.75, 3.05) is 0 Å². The lowest BCUT2D eigenvalue weighted by Gasteiger charge is -2.24. The van der Waals surface area contributed by atoms with Gasteiger partial charge in [0.2, 0.25) is 0 Å². The average Bonchev–Trinajstić information content (AvgIpc) is 2.66. The van der Waals surface area contributed by atoms with Crippen molar-refractivity contribution in [2.45, 2.75) is 78.7 Å². The van der Waals surface area contributed by atoms with E-state index in [1.54, 1.807) is 0 Å². The van der Waals surface area contributed by atoms with E-state index in [2.05, 4.69) is 51.4 Å². The van der Waals surface area contributed by atoms with E-state index in [1.807, 2.05) is 0 Å². The van der Waals surface area contributed by atoms with Crippen LogP contribution in [-0.2, 0) is 18.4 Å². The van der Waals surface area contributed by atoms with Gasteiger partial charge in [0.05, 0.1) is 0 Å². The zero-order valence-electron chi connectivity index (χ0n) is 12.3. The summed E-state index contributed by atoms with van der Waals surface area (Å²) in [7, 11) is 0. The molecule has 0 radical (unpaired) electrons. The van der Waals surface area contributed by atoms with Gasteiger partial charge in [-0.05, 0) is 58.1 Å². The van der Waals surface area contributed by atoms with E-state index in [4.69, 9.17) is 0 Å². The normalized spacial score (nSPS) is 12.1. The van der Waals surface area contributed by atoms with Crippen LogP contribution < -0.4 is 0 Å². The Kier molecular flexibility index (Phi) is 5.30. The highest BCUT2D eigenvalue weighted by molar-refractivity contribution is 5.21. The first-order valence-electron chi connectivity index (χ1n) is 7.19. The molecular formula is C16H29N. The predicted octanol–water partition coefficient (Wildman–Crippen LogP) is 4.93. The minimum atomic E-state index is 0.216. The van der Waals surface area contributed by atoms with Crippen molar-refractivity contribution in [3.05, 3.63) is 23.5 Å². The van der Waals surface area contributed by atoms with Crippen LogP contribution in [-0.4, -0.2) is 4.57 Å². The molecule has 1 heteroatoms. The summed E-state index contributed by atoms with van der Waals surface area (Å²) in [4.78, 5) is 0. The van der Waals surface area contributed by atoms with Crippen LogP contribution in [0.1, 0.15) is 71.6 Å². The van der Waals surface area contributed by atoms with Crippen molar-refractivity contribution in [3.63, 3.8) is 0 Å². The molecule has 1 heterocycles. The molecule has 0 N–H and O–H groups in total. The third-order valence-corrected chi connectivity index (χ3v) is 3.28. The van der Waals surface area contributed by atoms with Crippen LogP contribution in [0.4, 0.5) is 0 Å². The Labute approximate surface area is 107 Å². The summed E-state index contributed by atoms with van der Waals surface area (Å²) in [5.74, 6) is 0. The van der Waals surface area contributed by atoms with Gasteiger partial charge in [-0.3, -0.25) is 0 Å². The maximum Gasteiger partial charge on any atom is 0.0358 e. The molecule has 0 unspecified atom stereocenters. The third-order valence-electron chi connectivity index (χ3n) is 3.28. The molecule has 0 aliphatic carbocycles. The highest BCUT2D eigenvalue weighted by atomic mass is 15.0. The molecule has 0 bridgehead atoms. The van der Waals surface area contributed by atoms with E-state index in [1.165, 1.54) is 49.8 Å². The molecule has 0 fully saturated rings. The summed E-state index contributed by atoms with van der Waals surface area (Å²) in [5, 5.41) is 0. The van der Waals surface area contributed by atoms with Crippen LogP contribution in [0.2, 0.25) is 0 Å². The maximum atomic E-state index is 2.48. The lowest BCUT2D eigenvalue weighted by molar-refractivity contribution is 0.384. The lowest BCUT2D eigenvalue weighted by Crippen LogP contribution is -2.23. The molecular weight excluding hydrogens is 206 g/mol. The predicted molar refractivity (Wildman–Crippen MR) is 76.7 cm³/mol. The summed E-state index contributed by atoms with van der Waals surface area (Å²) in [6, 6.07) is 2.43. The fourth-order valence-electron chi connectivity index (χ4n) is 2.26. The first kappa shape index (κ1) is 14.3. The number of hydrogen-bond acceptors (Lipinski definition) is 0. The van der Waals surface area contributed by atoms with E-state index in [0.717, 1.165) is 0 Å². The van der Waals surface area contributed by atoms with Crippen LogP contribution in [0, 0.1) is 0 Å². The molecule has 0 aliphatic heterocycles. The molecule has 0 aliphatic rings. The Hall–Kier alpha value is -0.720. The first-order chi connectivity index (χ1) is 7.99. The van der Waals surface area contributed by atoms with Crippen LogP contribution in [0.3, 0.4) is 0 Å². The fourth-order valence-corrected chi connectivity index (χ4v) is 2.26. The van der Waals surface area contributed by atoms with Gasteiger partial charge in [-0.1, -0.05) is 26.7 Å². The number of hydrogen-bond donors (Lipinski definition) is 0. The van der Waals surface area contributed by atoms with Gasteiger partial charge >= 0.3 is 0 Å². The van der Waals surface area contributed by atoms with E-state index >= 15 is 0 Å². The summed E-state index contributed by atoms with van der Waals surface area (Å²) in [6.45, 7) is 11.4. The highest BCUT2D eigenvalue weighted by Crippen LogP contribution is 2.22. The van der Waals surface area contributed by atoms with Crippen molar-refractivity contribution in [3.8, 4) is 0 Å². The molecule has 1 aromatic rings. The topological polar surface area (TPSA) is 4.93 Å². The van der Waals surface area contributed by atoms with E-state index in [0.29, 0.717) is 0 Å². The first-order valence-corrected chi connectivity index (χ1v) is 7.19. The van der Waals surface area contributed by atoms with Crippen molar-refractivity contribution >= 4 is 0 Å². The van der Waals surface area contributed by atoms with Gasteiger partial charge in [0, 0.05) is 17.4 Å². The molecule has 1 aromatic heterocycles. The maximum absolute atomic E-state index is 2.48. The van der Waals surface area contributed by atoms with Crippen molar-refractivity contribution < 1.29 is 0 Å². The molecule has 98 valence electrons. The van der Waals surface area contributed by atoms with Crippen LogP contribution in [0.25, 0.3) is 0 Å². The van der Waals surface area contributed by atoms with Gasteiger partial charge < -0.3 is 4.57 Å². The molecule has 0 atom stereocenters. The Balaban J connectivity index is 2.87. The van der Waals surface area contributed by atoms with E-state index in [-0.39, 0.29) is 5.54 Å². The quantitative estimate of drug-likeness (QED) is 0.659. The molecule has 0 saturated carbocycles. The second kappa shape index (κ2) is 6.28. The Bertz CT molecular complexity index is 328. The molecule has 1 nitrogen and oxygen atoms in total. The Morgan fingerprint density at radius 3 is 2.12 bits per heavy atom. The summed E-state index contributed by atoms with van der Waals surface area (Å²) >= 11 is 0. The van der Waals surface area contributed by atoms with E-state index < -0.39 is 0 Å². The number of aryl methyl sites for hydroxylation is 2. The molecule has 0 amide bonds. The van der Waals surface area contributed by atoms with Crippen molar-refractivity contribution in [2.24, 2.45) is 0 Å². The van der Waals surface area contributed by atoms with E-state index in [9.17, 15) is 0 Å². The van der Waals surface area contributed by atoms with Crippen LogP contribution in [0.15, 0.2) is 12.3 Å². The van der Waals surface area contributed by atoms with Gasteiger partial charge in [0.1, 0.15) is 0 Å². The van der Waals surface area contributed by atoms with Gasteiger partial charge in [0.15, 0.2) is 0 Å². The second-order valence-corrected chi connectivity index (χ2v) is 6.09. The summed E-state index contributed by atoms with van der Waals surface area (Å²) in [5.41, 5.74) is 3.26. The monoisotopic (exact) mass is 235 g/mol. The van der Waals surface area contributed by atoms with Gasteiger partial charge in [-0.2, -0.15) is 0 Å². The number of rotatable bonds is 6. The minimum Gasteiger partial charge on any atom is -0.346 e. The van der Waals surface area contributed by atoms with Crippen LogP contribution in [0.5, 0.6) is 0 Å². The SMILES string of the molecule is CCCCc1cc(CCCC)n(C(C)(C)C)c1. The highest BCUT2D eigenvalue weighted by Gasteiger charge is 2.17. The van der Waals surface area contributed by atoms with Gasteiger partial charge in [-0.25, -0.2) is 0 Å². The molecule has 0 saturated heterocycles.